The number of ether oxygens (including phenoxy) is 1. The topological polar surface area (TPSA) is 133 Å². The van der Waals surface area contributed by atoms with Gasteiger partial charge in [0.05, 0.1) is 10.6 Å². The van der Waals surface area contributed by atoms with Crippen LogP contribution in [0.5, 0.6) is 0 Å². The number of nitrogens with two attached hydrogens (primary N) is 1. The molecule has 0 aliphatic rings. The van der Waals surface area contributed by atoms with Crippen molar-refractivity contribution in [2.75, 3.05) is 11.9 Å². The molecule has 0 aliphatic heterocycles. The molecular weight excluding hydrogens is 468 g/mol. The fraction of sp³-hybridized carbons (Fsp3) is 0.0800. The van der Waals surface area contributed by atoms with E-state index in [9.17, 15) is 18.0 Å². The third-order valence-electron chi connectivity index (χ3n) is 5.08. The monoisotopic (exact) mass is 490 g/mol. The highest BCUT2D eigenvalue weighted by atomic mass is 32.2. The summed E-state index contributed by atoms with van der Waals surface area (Å²) in [5.74, 6) is -1.29. The summed E-state index contributed by atoms with van der Waals surface area (Å²) in [6.07, 6.45) is 1.57. The van der Waals surface area contributed by atoms with E-state index < -0.39 is 28.5 Å². The Morgan fingerprint density at radius 3 is 2.26 bits per heavy atom. The Bertz CT molecular complexity index is 1460. The summed E-state index contributed by atoms with van der Waals surface area (Å²) in [5.41, 5.74) is 3.53. The molecule has 9 nitrogen and oxygen atoms in total. The van der Waals surface area contributed by atoms with E-state index in [1.807, 2.05) is 61.5 Å². The van der Waals surface area contributed by atoms with Crippen molar-refractivity contribution in [3.05, 3.63) is 96.2 Å². The van der Waals surface area contributed by atoms with Gasteiger partial charge in [-0.3, -0.25) is 4.79 Å². The molecule has 0 unspecified atom stereocenters. The van der Waals surface area contributed by atoms with Crippen LogP contribution < -0.4 is 10.5 Å². The van der Waals surface area contributed by atoms with Crippen molar-refractivity contribution in [2.45, 2.75) is 11.8 Å². The van der Waals surface area contributed by atoms with Gasteiger partial charge < -0.3 is 10.1 Å². The van der Waals surface area contributed by atoms with Gasteiger partial charge in [-0.1, -0.05) is 48.0 Å². The maximum Gasteiger partial charge on any atom is 0.342 e. The highest BCUT2D eigenvalue weighted by Gasteiger charge is 2.21. The molecule has 178 valence electrons. The number of aryl methyl sites for hydroxylation is 1. The molecule has 1 amide bonds. The highest BCUT2D eigenvalue weighted by molar-refractivity contribution is 7.89. The van der Waals surface area contributed by atoms with Crippen LogP contribution in [0.25, 0.3) is 16.9 Å². The third kappa shape index (κ3) is 5.81. The van der Waals surface area contributed by atoms with Gasteiger partial charge in [0.25, 0.3) is 5.91 Å². The number of nitrogens with one attached hydrogen (secondary N) is 1. The van der Waals surface area contributed by atoms with E-state index in [4.69, 9.17) is 9.88 Å². The molecule has 4 aromatic rings. The first-order valence-corrected chi connectivity index (χ1v) is 12.1. The summed E-state index contributed by atoms with van der Waals surface area (Å²) in [6, 6.07) is 22.2. The molecule has 0 spiro atoms. The number of hydrogen-bond acceptors (Lipinski definition) is 6. The maximum absolute atomic E-state index is 12.9. The number of anilines is 1. The van der Waals surface area contributed by atoms with Crippen LogP contribution >= 0.6 is 0 Å². The fourth-order valence-electron chi connectivity index (χ4n) is 3.29. The van der Waals surface area contributed by atoms with Gasteiger partial charge in [0.1, 0.15) is 11.3 Å². The summed E-state index contributed by atoms with van der Waals surface area (Å²) in [6.45, 7) is 1.42. The molecule has 0 fully saturated rings. The number of sulfonamides is 1. The molecule has 10 heteroatoms. The molecule has 0 bridgehead atoms. The van der Waals surface area contributed by atoms with Crippen molar-refractivity contribution in [2.24, 2.45) is 5.14 Å². The van der Waals surface area contributed by atoms with Gasteiger partial charge in [-0.15, -0.1) is 0 Å². The minimum Gasteiger partial charge on any atom is -0.452 e. The lowest BCUT2D eigenvalue weighted by atomic mass is 10.1. The molecule has 0 saturated carbocycles. The van der Waals surface area contributed by atoms with Crippen molar-refractivity contribution in [3.8, 4) is 16.9 Å². The van der Waals surface area contributed by atoms with E-state index in [0.717, 1.165) is 16.8 Å². The molecule has 1 aromatic heterocycles. The minimum atomic E-state index is -3.84. The average molecular weight is 491 g/mol. The Hall–Kier alpha value is -4.28. The molecule has 0 saturated heterocycles. The van der Waals surface area contributed by atoms with Gasteiger partial charge >= 0.3 is 5.97 Å². The Labute approximate surface area is 202 Å². The van der Waals surface area contributed by atoms with Crippen LogP contribution in [-0.4, -0.2) is 36.7 Å². The van der Waals surface area contributed by atoms with Gasteiger partial charge in [0, 0.05) is 17.4 Å². The molecule has 0 atom stereocenters. The van der Waals surface area contributed by atoms with Gasteiger partial charge in [0.15, 0.2) is 6.61 Å². The molecule has 35 heavy (non-hydrogen) atoms. The molecule has 0 radical (unpaired) electrons. The summed E-state index contributed by atoms with van der Waals surface area (Å²) >= 11 is 0. The SMILES string of the molecule is Cc1ccc(-c2nn(-c3ccccc3)cc2C(=O)OCC(=O)Nc2ccc(S(N)(=O)=O)cc2)cc1. The van der Waals surface area contributed by atoms with Crippen molar-refractivity contribution < 1.29 is 22.7 Å². The normalized spacial score (nSPS) is 11.1. The second-order valence-corrected chi connectivity index (χ2v) is 9.29. The smallest absolute Gasteiger partial charge is 0.342 e. The number of nitrogens with zero attached hydrogens (tertiary/aromatic N) is 2. The fourth-order valence-corrected chi connectivity index (χ4v) is 3.81. The molecule has 1 heterocycles. The number of carbonyl (C=O) groups excluding carboxylic acids is 2. The quantitative estimate of drug-likeness (QED) is 0.382. The second-order valence-electron chi connectivity index (χ2n) is 7.73. The van der Waals surface area contributed by atoms with Crippen molar-refractivity contribution in [1.29, 1.82) is 0 Å². The lowest BCUT2D eigenvalue weighted by molar-refractivity contribution is -0.119. The summed E-state index contributed by atoms with van der Waals surface area (Å²) < 4.78 is 29.5. The maximum atomic E-state index is 12.9. The summed E-state index contributed by atoms with van der Waals surface area (Å²) in [4.78, 5) is 25.1. The van der Waals surface area contributed by atoms with E-state index in [1.165, 1.54) is 24.3 Å². The second kappa shape index (κ2) is 9.92. The van der Waals surface area contributed by atoms with Gasteiger partial charge in [-0.2, -0.15) is 5.10 Å². The lowest BCUT2D eigenvalue weighted by Gasteiger charge is -2.07. The zero-order valence-electron chi connectivity index (χ0n) is 18.7. The van der Waals surface area contributed by atoms with Crippen LogP contribution in [0, 0.1) is 6.92 Å². The first-order valence-electron chi connectivity index (χ1n) is 10.5. The predicted octanol–water partition coefficient (Wildman–Crippen LogP) is 3.29. The van der Waals surface area contributed by atoms with Crippen molar-refractivity contribution in [3.63, 3.8) is 0 Å². The predicted molar refractivity (Wildman–Crippen MR) is 130 cm³/mol. The summed E-state index contributed by atoms with van der Waals surface area (Å²) in [7, 11) is -3.84. The number of carbonyl (C=O) groups is 2. The van der Waals surface area contributed by atoms with Crippen LogP contribution in [0.15, 0.2) is 90.0 Å². The number of esters is 1. The number of aromatic nitrogens is 2. The van der Waals surface area contributed by atoms with Crippen molar-refractivity contribution >= 4 is 27.6 Å². The number of rotatable bonds is 7. The van der Waals surface area contributed by atoms with E-state index in [0.29, 0.717) is 11.4 Å². The zero-order chi connectivity index (χ0) is 25.0. The van der Waals surface area contributed by atoms with E-state index in [2.05, 4.69) is 10.4 Å². The molecule has 0 aliphatic carbocycles. The standard InChI is InChI=1S/C25H22N4O5S/c1-17-7-9-18(10-8-17)24-22(15-29(28-24)20-5-3-2-4-6-20)25(31)34-16-23(30)27-19-11-13-21(14-12-19)35(26,32)33/h2-15H,16H2,1H3,(H,27,30)(H2,26,32,33). The molecule has 4 rings (SSSR count). The first-order chi connectivity index (χ1) is 16.7. The van der Waals surface area contributed by atoms with Crippen LogP contribution in [0.1, 0.15) is 15.9 Å². The van der Waals surface area contributed by atoms with Crippen molar-refractivity contribution in [1.82, 2.24) is 9.78 Å². The van der Waals surface area contributed by atoms with Crippen LogP contribution in [-0.2, 0) is 19.6 Å². The first kappa shape index (κ1) is 23.9. The van der Waals surface area contributed by atoms with E-state index in [1.54, 1.807) is 10.9 Å². The van der Waals surface area contributed by atoms with Crippen LogP contribution in [0.3, 0.4) is 0 Å². The Kier molecular flexibility index (Phi) is 6.76. The van der Waals surface area contributed by atoms with E-state index >= 15 is 0 Å². The number of hydrogen-bond donors (Lipinski definition) is 2. The Balaban J connectivity index is 1.50. The Morgan fingerprint density at radius 2 is 1.63 bits per heavy atom. The molecule has 3 N–H and O–H groups in total. The molecular formula is C25H22N4O5S. The minimum absolute atomic E-state index is 0.0824. The van der Waals surface area contributed by atoms with Gasteiger partial charge in [-0.05, 0) is 43.3 Å². The van der Waals surface area contributed by atoms with E-state index in [-0.39, 0.29) is 10.5 Å². The van der Waals surface area contributed by atoms with Crippen LogP contribution in [0.2, 0.25) is 0 Å². The number of primary sulfonamides is 1. The Morgan fingerprint density at radius 1 is 0.971 bits per heavy atom. The van der Waals surface area contributed by atoms with Gasteiger partial charge in [-0.25, -0.2) is 23.0 Å². The number of benzene rings is 3. The largest absolute Gasteiger partial charge is 0.452 e. The number of para-hydroxylation sites is 1. The lowest BCUT2D eigenvalue weighted by Crippen LogP contribution is -2.21. The highest BCUT2D eigenvalue weighted by Crippen LogP contribution is 2.25. The summed E-state index contributed by atoms with van der Waals surface area (Å²) in [5, 5.41) is 12.2. The molecule has 3 aromatic carbocycles. The van der Waals surface area contributed by atoms with Crippen LogP contribution in [0.4, 0.5) is 5.69 Å². The average Bonchev–Trinajstić information content (AvgIpc) is 3.29. The zero-order valence-corrected chi connectivity index (χ0v) is 19.5. The third-order valence-corrected chi connectivity index (χ3v) is 6.01. The van der Waals surface area contributed by atoms with Gasteiger partial charge in [0.2, 0.25) is 10.0 Å². The number of amides is 1.